The zero-order valence-corrected chi connectivity index (χ0v) is 11.4. The maximum absolute atomic E-state index is 10.2. The van der Waals surface area contributed by atoms with Crippen molar-refractivity contribution >= 4 is 5.69 Å². The Morgan fingerprint density at radius 3 is 2.53 bits per heavy atom. The third-order valence-electron chi connectivity index (χ3n) is 3.31. The van der Waals surface area contributed by atoms with Gasteiger partial charge in [0.15, 0.2) is 0 Å². The zero-order valence-electron chi connectivity index (χ0n) is 11.4. The van der Waals surface area contributed by atoms with Crippen molar-refractivity contribution in [2.24, 2.45) is 5.92 Å². The lowest BCUT2D eigenvalue weighted by Crippen LogP contribution is -2.38. The Morgan fingerprint density at radius 1 is 1.41 bits per heavy atom. The molecule has 0 bridgehead atoms. The summed E-state index contributed by atoms with van der Waals surface area (Å²) >= 11 is 0. The molecule has 0 aromatic heterocycles. The lowest BCUT2D eigenvalue weighted by atomic mass is 9.92. The second-order valence-electron chi connectivity index (χ2n) is 5.05. The van der Waals surface area contributed by atoms with Crippen molar-refractivity contribution in [3.8, 4) is 5.75 Å². The number of nitrogens with one attached hydrogen (secondary N) is 1. The van der Waals surface area contributed by atoms with Crippen molar-refractivity contribution in [2.75, 3.05) is 19.0 Å². The summed E-state index contributed by atoms with van der Waals surface area (Å²) in [7, 11) is 1.66. The van der Waals surface area contributed by atoms with Gasteiger partial charge in [0.1, 0.15) is 5.75 Å². The van der Waals surface area contributed by atoms with Gasteiger partial charge in [-0.15, -0.1) is 0 Å². The highest BCUT2D eigenvalue weighted by Gasteiger charge is 2.24. The van der Waals surface area contributed by atoms with Crippen molar-refractivity contribution < 1.29 is 9.84 Å². The number of aliphatic hydroxyl groups is 1. The highest BCUT2D eigenvalue weighted by molar-refractivity contribution is 5.53. The second-order valence-corrected chi connectivity index (χ2v) is 5.05. The number of rotatable bonds is 5. The molecule has 0 saturated heterocycles. The van der Waals surface area contributed by atoms with E-state index in [1.165, 1.54) is 0 Å². The Labute approximate surface area is 104 Å². The Balaban J connectivity index is 2.70. The van der Waals surface area contributed by atoms with E-state index in [1.807, 2.05) is 45.9 Å². The third kappa shape index (κ3) is 3.63. The van der Waals surface area contributed by atoms with Gasteiger partial charge >= 0.3 is 0 Å². The van der Waals surface area contributed by atoms with Crippen LogP contribution in [0.4, 0.5) is 5.69 Å². The fourth-order valence-electron chi connectivity index (χ4n) is 1.44. The number of anilines is 1. The highest BCUT2D eigenvalue weighted by Crippen LogP contribution is 2.23. The van der Waals surface area contributed by atoms with Crippen LogP contribution in [0.1, 0.15) is 26.3 Å². The Hall–Kier alpha value is -1.22. The summed E-state index contributed by atoms with van der Waals surface area (Å²) in [5, 5.41) is 13.4. The largest absolute Gasteiger partial charge is 0.497 e. The van der Waals surface area contributed by atoms with Crippen LogP contribution in [-0.4, -0.2) is 24.4 Å². The Morgan fingerprint density at radius 2 is 2.06 bits per heavy atom. The molecule has 3 heteroatoms. The van der Waals surface area contributed by atoms with E-state index >= 15 is 0 Å². The molecule has 1 unspecified atom stereocenters. The maximum Gasteiger partial charge on any atom is 0.119 e. The van der Waals surface area contributed by atoms with Crippen LogP contribution in [0.15, 0.2) is 18.2 Å². The number of benzene rings is 1. The highest BCUT2D eigenvalue weighted by atomic mass is 16.5. The summed E-state index contributed by atoms with van der Waals surface area (Å²) in [6, 6.07) is 5.87. The van der Waals surface area contributed by atoms with E-state index in [1.54, 1.807) is 7.11 Å². The van der Waals surface area contributed by atoms with E-state index in [2.05, 4.69) is 5.32 Å². The van der Waals surface area contributed by atoms with Crippen LogP contribution in [0, 0.1) is 12.8 Å². The number of aryl methyl sites for hydroxylation is 1. The molecule has 0 heterocycles. The number of ether oxygens (including phenoxy) is 1. The van der Waals surface area contributed by atoms with Gasteiger partial charge in [0.05, 0.1) is 12.7 Å². The van der Waals surface area contributed by atoms with Gasteiger partial charge in [-0.05, 0) is 43.5 Å². The van der Waals surface area contributed by atoms with Crippen LogP contribution in [0.5, 0.6) is 5.75 Å². The topological polar surface area (TPSA) is 41.5 Å². The fraction of sp³-hybridized carbons (Fsp3) is 0.571. The maximum atomic E-state index is 10.2. The van der Waals surface area contributed by atoms with Gasteiger partial charge < -0.3 is 15.2 Å². The van der Waals surface area contributed by atoms with Gasteiger partial charge in [-0.2, -0.15) is 0 Å². The third-order valence-corrected chi connectivity index (χ3v) is 3.31. The monoisotopic (exact) mass is 237 g/mol. The molecular weight excluding hydrogens is 214 g/mol. The van der Waals surface area contributed by atoms with E-state index < -0.39 is 5.60 Å². The number of methoxy groups -OCH3 is 1. The van der Waals surface area contributed by atoms with E-state index in [0.29, 0.717) is 6.54 Å². The molecule has 1 aromatic carbocycles. The molecular formula is C14H23NO2. The summed E-state index contributed by atoms with van der Waals surface area (Å²) in [5.74, 6) is 1.07. The first-order chi connectivity index (χ1) is 7.86. The predicted molar refractivity (Wildman–Crippen MR) is 71.7 cm³/mol. The van der Waals surface area contributed by atoms with Gasteiger partial charge in [-0.1, -0.05) is 13.8 Å². The molecule has 0 saturated carbocycles. The molecule has 0 radical (unpaired) electrons. The smallest absolute Gasteiger partial charge is 0.119 e. The standard InChI is InChI=1S/C14H23NO2/c1-10(2)14(4,16)9-15-13-7-6-12(17-5)8-11(13)3/h6-8,10,15-16H,9H2,1-5H3. The minimum Gasteiger partial charge on any atom is -0.497 e. The van der Waals surface area contributed by atoms with Crippen LogP contribution < -0.4 is 10.1 Å². The first kappa shape index (κ1) is 13.8. The normalized spacial score (nSPS) is 14.5. The quantitative estimate of drug-likeness (QED) is 0.827. The van der Waals surface area contributed by atoms with Gasteiger partial charge in [0.2, 0.25) is 0 Å². The SMILES string of the molecule is COc1ccc(NCC(C)(O)C(C)C)c(C)c1. The molecule has 0 aliphatic rings. The molecule has 2 N–H and O–H groups in total. The van der Waals surface area contributed by atoms with Gasteiger partial charge in [0.25, 0.3) is 0 Å². The summed E-state index contributed by atoms with van der Waals surface area (Å²) < 4.78 is 5.16. The molecule has 0 spiro atoms. The Bertz CT molecular complexity index is 372. The lowest BCUT2D eigenvalue weighted by Gasteiger charge is -2.28. The van der Waals surface area contributed by atoms with E-state index in [0.717, 1.165) is 17.0 Å². The summed E-state index contributed by atoms with van der Waals surface area (Å²) in [6.45, 7) is 8.45. The van der Waals surface area contributed by atoms with E-state index in [-0.39, 0.29) is 5.92 Å². The van der Waals surface area contributed by atoms with Crippen LogP contribution in [0.3, 0.4) is 0 Å². The summed E-state index contributed by atoms with van der Waals surface area (Å²) in [4.78, 5) is 0. The van der Waals surface area contributed by atoms with Crippen LogP contribution in [0.25, 0.3) is 0 Å². The number of hydrogen-bond donors (Lipinski definition) is 2. The molecule has 0 aliphatic heterocycles. The van der Waals surface area contributed by atoms with Gasteiger partial charge in [-0.3, -0.25) is 0 Å². The van der Waals surface area contributed by atoms with E-state index in [9.17, 15) is 5.11 Å². The van der Waals surface area contributed by atoms with Crippen molar-refractivity contribution in [3.05, 3.63) is 23.8 Å². The van der Waals surface area contributed by atoms with Crippen LogP contribution in [-0.2, 0) is 0 Å². The minimum absolute atomic E-state index is 0.216. The molecule has 17 heavy (non-hydrogen) atoms. The van der Waals surface area contributed by atoms with Crippen LogP contribution >= 0.6 is 0 Å². The first-order valence-corrected chi connectivity index (χ1v) is 5.97. The van der Waals surface area contributed by atoms with Gasteiger partial charge in [-0.25, -0.2) is 0 Å². The molecule has 0 aliphatic carbocycles. The van der Waals surface area contributed by atoms with Crippen LogP contribution in [0.2, 0.25) is 0 Å². The average Bonchev–Trinajstić information content (AvgIpc) is 2.27. The zero-order chi connectivity index (χ0) is 13.1. The predicted octanol–water partition coefficient (Wildman–Crippen LogP) is 2.82. The van der Waals surface area contributed by atoms with Crippen molar-refractivity contribution in [1.29, 1.82) is 0 Å². The number of hydrogen-bond acceptors (Lipinski definition) is 3. The first-order valence-electron chi connectivity index (χ1n) is 5.97. The fourth-order valence-corrected chi connectivity index (χ4v) is 1.44. The van der Waals surface area contributed by atoms with E-state index in [4.69, 9.17) is 4.74 Å². The summed E-state index contributed by atoms with van der Waals surface area (Å²) in [6.07, 6.45) is 0. The van der Waals surface area contributed by atoms with Crippen molar-refractivity contribution in [1.82, 2.24) is 0 Å². The Kier molecular flexibility index (Phi) is 4.40. The van der Waals surface area contributed by atoms with Crippen molar-refractivity contribution in [3.63, 3.8) is 0 Å². The van der Waals surface area contributed by atoms with Gasteiger partial charge in [0, 0.05) is 12.2 Å². The average molecular weight is 237 g/mol. The molecule has 0 fully saturated rings. The molecule has 1 aromatic rings. The molecule has 1 rings (SSSR count). The minimum atomic E-state index is -0.702. The summed E-state index contributed by atoms with van der Waals surface area (Å²) in [5.41, 5.74) is 1.45. The second kappa shape index (κ2) is 5.41. The molecule has 0 amide bonds. The molecule has 1 atom stereocenters. The molecule has 96 valence electrons. The lowest BCUT2D eigenvalue weighted by molar-refractivity contribution is 0.0266. The molecule has 3 nitrogen and oxygen atoms in total. The van der Waals surface area contributed by atoms with Crippen molar-refractivity contribution in [2.45, 2.75) is 33.3 Å².